The Morgan fingerprint density at radius 1 is 1.10 bits per heavy atom. The predicted octanol–water partition coefficient (Wildman–Crippen LogP) is 4.00. The predicted molar refractivity (Wildman–Crippen MR) is 85.2 cm³/mol. The highest BCUT2D eigenvalue weighted by atomic mass is 16.1. The number of hydrogen-bond donors (Lipinski definition) is 0. The largest absolute Gasteiger partial charge is 0.306 e. The van der Waals surface area contributed by atoms with Gasteiger partial charge in [0, 0.05) is 25.1 Å². The van der Waals surface area contributed by atoms with Gasteiger partial charge in [-0.15, -0.1) is 0 Å². The van der Waals surface area contributed by atoms with Gasteiger partial charge in [0.2, 0.25) is 0 Å². The van der Waals surface area contributed by atoms with Crippen LogP contribution in [0, 0.1) is 5.92 Å². The molecule has 0 aliphatic rings. The topological polar surface area (TPSA) is 20.3 Å². The number of fused-ring (bicyclic) bond motifs is 1. The van der Waals surface area contributed by atoms with Crippen LogP contribution < -0.4 is 0 Å². The normalized spacial score (nSPS) is 11.4. The highest BCUT2D eigenvalue weighted by Gasteiger charge is 2.09. The molecule has 20 heavy (non-hydrogen) atoms. The van der Waals surface area contributed by atoms with Crippen LogP contribution >= 0.6 is 0 Å². The summed E-state index contributed by atoms with van der Waals surface area (Å²) < 4.78 is 0. The van der Waals surface area contributed by atoms with E-state index >= 15 is 0 Å². The van der Waals surface area contributed by atoms with Crippen molar-refractivity contribution in [2.24, 2.45) is 5.92 Å². The number of ketones is 1. The Morgan fingerprint density at radius 2 is 1.80 bits per heavy atom. The molecule has 106 valence electrons. The first-order valence-corrected chi connectivity index (χ1v) is 7.27. The zero-order valence-electron chi connectivity index (χ0n) is 12.6. The number of carbonyl (C=O) groups is 1. The summed E-state index contributed by atoms with van der Waals surface area (Å²) in [5.74, 6) is 0.863. The lowest BCUT2D eigenvalue weighted by atomic mass is 10.0. The van der Waals surface area contributed by atoms with Crippen molar-refractivity contribution < 1.29 is 4.79 Å². The van der Waals surface area contributed by atoms with Gasteiger partial charge in [-0.1, -0.05) is 50.2 Å². The number of nitrogens with zero attached hydrogens (tertiary/aromatic N) is 1. The lowest BCUT2D eigenvalue weighted by Crippen LogP contribution is -2.25. The number of rotatable bonds is 6. The maximum absolute atomic E-state index is 12.3. The van der Waals surface area contributed by atoms with Crippen molar-refractivity contribution in [1.29, 1.82) is 0 Å². The molecule has 0 atom stereocenters. The Bertz CT molecular complexity index is 589. The second-order valence-electron chi connectivity index (χ2n) is 5.89. The molecule has 2 rings (SSSR count). The molecule has 2 aromatic carbocycles. The summed E-state index contributed by atoms with van der Waals surface area (Å²) in [7, 11) is 2.08. The fraction of sp³-hybridized carbons (Fsp3) is 0.389. The number of Topliss-reactive ketones (excluding diaryl/α,β-unsaturated/α-hetero) is 1. The standard InChI is InChI=1S/C18H23NO/c1-14(2)13-19(3)11-10-18(20)17-9-8-15-6-4-5-7-16(15)12-17/h4-9,12,14H,10-11,13H2,1-3H3. The van der Waals surface area contributed by atoms with Crippen molar-refractivity contribution in [3.63, 3.8) is 0 Å². The Hall–Kier alpha value is -1.67. The first-order valence-electron chi connectivity index (χ1n) is 7.27. The maximum atomic E-state index is 12.3. The molecular weight excluding hydrogens is 246 g/mol. The minimum Gasteiger partial charge on any atom is -0.306 e. The molecule has 2 aromatic rings. The molecule has 0 spiro atoms. The van der Waals surface area contributed by atoms with Crippen molar-refractivity contribution in [3.05, 3.63) is 48.0 Å². The fourth-order valence-electron chi connectivity index (χ4n) is 2.51. The first kappa shape index (κ1) is 14.7. The van der Waals surface area contributed by atoms with Crippen molar-refractivity contribution >= 4 is 16.6 Å². The average molecular weight is 269 g/mol. The van der Waals surface area contributed by atoms with Crippen LogP contribution in [0.3, 0.4) is 0 Å². The summed E-state index contributed by atoms with van der Waals surface area (Å²) in [4.78, 5) is 14.5. The molecule has 0 radical (unpaired) electrons. The van der Waals surface area contributed by atoms with E-state index in [1.54, 1.807) is 0 Å². The molecule has 0 amide bonds. The number of hydrogen-bond acceptors (Lipinski definition) is 2. The summed E-state index contributed by atoms with van der Waals surface area (Å²) >= 11 is 0. The van der Waals surface area contributed by atoms with Crippen LogP contribution in [0.25, 0.3) is 10.8 Å². The quantitative estimate of drug-likeness (QED) is 0.739. The zero-order valence-corrected chi connectivity index (χ0v) is 12.6. The number of carbonyl (C=O) groups excluding carboxylic acids is 1. The molecule has 0 aliphatic heterocycles. The molecule has 0 aromatic heterocycles. The van der Waals surface area contributed by atoms with Crippen molar-refractivity contribution in [2.45, 2.75) is 20.3 Å². The zero-order chi connectivity index (χ0) is 14.5. The van der Waals surface area contributed by atoms with E-state index in [-0.39, 0.29) is 5.78 Å². The van der Waals surface area contributed by atoms with Crippen molar-refractivity contribution in [1.82, 2.24) is 4.90 Å². The van der Waals surface area contributed by atoms with Gasteiger partial charge in [0.1, 0.15) is 0 Å². The van der Waals surface area contributed by atoms with Crippen molar-refractivity contribution in [2.75, 3.05) is 20.1 Å². The average Bonchev–Trinajstić information content (AvgIpc) is 2.43. The Labute approximate surface area is 121 Å². The van der Waals surface area contributed by atoms with Crippen LogP contribution in [0.2, 0.25) is 0 Å². The summed E-state index contributed by atoms with van der Waals surface area (Å²) in [6.45, 7) is 6.25. The smallest absolute Gasteiger partial charge is 0.164 e. The monoisotopic (exact) mass is 269 g/mol. The van der Waals surface area contributed by atoms with E-state index in [0.717, 1.165) is 24.0 Å². The van der Waals surface area contributed by atoms with Gasteiger partial charge in [-0.25, -0.2) is 0 Å². The molecule has 0 heterocycles. The molecule has 0 N–H and O–H groups in total. The third-order valence-corrected chi connectivity index (χ3v) is 3.47. The highest BCUT2D eigenvalue weighted by Crippen LogP contribution is 2.16. The molecular formula is C18H23NO. The third-order valence-electron chi connectivity index (χ3n) is 3.47. The van der Waals surface area contributed by atoms with E-state index in [4.69, 9.17) is 0 Å². The summed E-state index contributed by atoms with van der Waals surface area (Å²) in [6, 6.07) is 14.1. The fourth-order valence-corrected chi connectivity index (χ4v) is 2.51. The lowest BCUT2D eigenvalue weighted by molar-refractivity contribution is 0.0967. The van der Waals surface area contributed by atoms with Gasteiger partial charge in [0.25, 0.3) is 0 Å². The van der Waals surface area contributed by atoms with E-state index in [9.17, 15) is 4.79 Å². The van der Waals surface area contributed by atoms with E-state index in [0.29, 0.717) is 12.3 Å². The van der Waals surface area contributed by atoms with Gasteiger partial charge < -0.3 is 4.90 Å². The maximum Gasteiger partial charge on any atom is 0.164 e. The molecule has 0 bridgehead atoms. The molecule has 0 unspecified atom stereocenters. The molecule has 2 heteroatoms. The minimum atomic E-state index is 0.228. The third kappa shape index (κ3) is 3.91. The van der Waals surface area contributed by atoms with Crippen LogP contribution in [-0.4, -0.2) is 30.8 Å². The van der Waals surface area contributed by atoms with Gasteiger partial charge in [-0.2, -0.15) is 0 Å². The highest BCUT2D eigenvalue weighted by molar-refractivity contribution is 6.00. The molecule has 0 saturated heterocycles. The molecule has 0 aliphatic carbocycles. The van der Waals surface area contributed by atoms with E-state index < -0.39 is 0 Å². The Morgan fingerprint density at radius 3 is 2.50 bits per heavy atom. The second kappa shape index (κ2) is 6.67. The van der Waals surface area contributed by atoms with Gasteiger partial charge in [-0.05, 0) is 29.8 Å². The lowest BCUT2D eigenvalue weighted by Gasteiger charge is -2.18. The van der Waals surface area contributed by atoms with Crippen LogP contribution in [0.15, 0.2) is 42.5 Å². The van der Waals surface area contributed by atoms with E-state index in [2.05, 4.69) is 37.9 Å². The second-order valence-corrected chi connectivity index (χ2v) is 5.89. The SMILES string of the molecule is CC(C)CN(C)CCC(=O)c1ccc2ccccc2c1. The Kier molecular flexibility index (Phi) is 4.91. The van der Waals surface area contributed by atoms with Crippen molar-refractivity contribution in [3.8, 4) is 0 Å². The van der Waals surface area contributed by atoms with Gasteiger partial charge in [0.05, 0.1) is 0 Å². The van der Waals surface area contributed by atoms with Crippen LogP contribution in [0.4, 0.5) is 0 Å². The van der Waals surface area contributed by atoms with Gasteiger partial charge >= 0.3 is 0 Å². The molecule has 2 nitrogen and oxygen atoms in total. The van der Waals surface area contributed by atoms with Crippen LogP contribution in [-0.2, 0) is 0 Å². The summed E-state index contributed by atoms with van der Waals surface area (Å²) in [5.41, 5.74) is 0.821. The van der Waals surface area contributed by atoms with E-state index in [1.807, 2.05) is 30.3 Å². The summed E-state index contributed by atoms with van der Waals surface area (Å²) in [5, 5.41) is 2.31. The molecule has 0 saturated carbocycles. The Balaban J connectivity index is 2.00. The first-order chi connectivity index (χ1) is 9.56. The minimum absolute atomic E-state index is 0.228. The van der Waals surface area contributed by atoms with Gasteiger partial charge in [0.15, 0.2) is 5.78 Å². The van der Waals surface area contributed by atoms with Gasteiger partial charge in [-0.3, -0.25) is 4.79 Å². The summed E-state index contributed by atoms with van der Waals surface area (Å²) in [6.07, 6.45) is 0.585. The van der Waals surface area contributed by atoms with E-state index in [1.165, 1.54) is 5.39 Å². The van der Waals surface area contributed by atoms with Crippen LogP contribution in [0.5, 0.6) is 0 Å². The van der Waals surface area contributed by atoms with Crippen LogP contribution in [0.1, 0.15) is 30.6 Å². The molecule has 0 fully saturated rings. The number of benzene rings is 2.